The number of hydrogen-bond acceptors (Lipinski definition) is 3. The van der Waals surface area contributed by atoms with Crippen LogP contribution in [0.3, 0.4) is 0 Å². The lowest BCUT2D eigenvalue weighted by molar-refractivity contribution is -0.274. The zero-order valence-electron chi connectivity index (χ0n) is 11.5. The molecule has 1 rings (SSSR count). The summed E-state index contributed by atoms with van der Waals surface area (Å²) in [7, 11) is 0. The minimum atomic E-state index is -4.75. The number of carbonyl (C=O) groups is 1. The minimum Gasteiger partial charge on any atom is -0.483 e. The summed E-state index contributed by atoms with van der Waals surface area (Å²) in [6.45, 7) is 4.22. The Labute approximate surface area is 128 Å². The molecule has 118 valence electrons. The Morgan fingerprint density at radius 3 is 2.57 bits per heavy atom. The molecule has 0 radical (unpaired) electrons. The highest BCUT2D eigenvalue weighted by Gasteiger charge is 2.31. The van der Waals surface area contributed by atoms with Crippen LogP contribution < -0.4 is 14.8 Å². The summed E-state index contributed by atoms with van der Waals surface area (Å²) in [5.74, 6) is -0.0964. The van der Waals surface area contributed by atoms with E-state index in [1.54, 1.807) is 0 Å². The number of nitrogens with one attached hydrogen (secondary N) is 1. The standard InChI is InChI=1S/C13H15BrF3NO3/c1-8(2)6-18-12(19)7-20-11-4-3-9(5-10(11)14)21-13(15,16)17/h3-5,8H,6-7H2,1-2H3,(H,18,19). The highest BCUT2D eigenvalue weighted by Crippen LogP contribution is 2.31. The average molecular weight is 370 g/mol. The van der Waals surface area contributed by atoms with E-state index in [1.807, 2.05) is 13.8 Å². The van der Waals surface area contributed by atoms with E-state index in [2.05, 4.69) is 26.0 Å². The van der Waals surface area contributed by atoms with E-state index in [4.69, 9.17) is 4.74 Å². The Kier molecular flexibility index (Phi) is 6.32. The summed E-state index contributed by atoms with van der Waals surface area (Å²) in [6, 6.07) is 3.52. The van der Waals surface area contributed by atoms with Crippen LogP contribution >= 0.6 is 15.9 Å². The average Bonchev–Trinajstić information content (AvgIpc) is 2.33. The second-order valence-corrected chi connectivity index (χ2v) is 5.48. The van der Waals surface area contributed by atoms with Crippen molar-refractivity contribution >= 4 is 21.8 Å². The fourth-order valence-electron chi connectivity index (χ4n) is 1.31. The molecule has 0 aromatic heterocycles. The molecule has 1 aromatic rings. The summed E-state index contributed by atoms with van der Waals surface area (Å²) >= 11 is 3.06. The van der Waals surface area contributed by atoms with Crippen molar-refractivity contribution in [3.8, 4) is 11.5 Å². The Bertz CT molecular complexity index is 492. The molecule has 1 N–H and O–H groups in total. The summed E-state index contributed by atoms with van der Waals surface area (Å²) in [5.41, 5.74) is 0. The van der Waals surface area contributed by atoms with Gasteiger partial charge in [-0.05, 0) is 40.0 Å². The molecule has 0 aliphatic heterocycles. The summed E-state index contributed by atoms with van der Waals surface area (Å²) in [5, 5.41) is 2.66. The van der Waals surface area contributed by atoms with Crippen LogP contribution in [-0.4, -0.2) is 25.4 Å². The van der Waals surface area contributed by atoms with E-state index in [0.717, 1.165) is 12.1 Å². The molecular weight excluding hydrogens is 355 g/mol. The van der Waals surface area contributed by atoms with Crippen molar-refractivity contribution in [2.24, 2.45) is 5.92 Å². The Hall–Kier alpha value is -1.44. The molecule has 4 nitrogen and oxygen atoms in total. The molecule has 0 aliphatic rings. The molecule has 0 atom stereocenters. The molecule has 0 aliphatic carbocycles. The van der Waals surface area contributed by atoms with Gasteiger partial charge in [-0.3, -0.25) is 4.79 Å². The van der Waals surface area contributed by atoms with Gasteiger partial charge in [0.15, 0.2) is 6.61 Å². The van der Waals surface area contributed by atoms with Gasteiger partial charge in [0.05, 0.1) is 4.47 Å². The van der Waals surface area contributed by atoms with Crippen LogP contribution in [0.5, 0.6) is 11.5 Å². The smallest absolute Gasteiger partial charge is 0.483 e. The van der Waals surface area contributed by atoms with Crippen molar-refractivity contribution < 1.29 is 27.4 Å². The largest absolute Gasteiger partial charge is 0.573 e. The van der Waals surface area contributed by atoms with Crippen molar-refractivity contribution in [1.29, 1.82) is 0 Å². The van der Waals surface area contributed by atoms with Crippen molar-refractivity contribution in [3.05, 3.63) is 22.7 Å². The van der Waals surface area contributed by atoms with E-state index in [0.29, 0.717) is 12.5 Å². The summed E-state index contributed by atoms with van der Waals surface area (Å²) in [6.07, 6.45) is -4.75. The van der Waals surface area contributed by atoms with E-state index in [-0.39, 0.29) is 28.5 Å². The number of ether oxygens (including phenoxy) is 2. The molecule has 0 heterocycles. The van der Waals surface area contributed by atoms with Gasteiger partial charge < -0.3 is 14.8 Å². The van der Waals surface area contributed by atoms with Gasteiger partial charge in [-0.25, -0.2) is 0 Å². The fraction of sp³-hybridized carbons (Fsp3) is 0.462. The van der Waals surface area contributed by atoms with Crippen LogP contribution in [0.2, 0.25) is 0 Å². The first-order valence-electron chi connectivity index (χ1n) is 6.12. The molecule has 1 amide bonds. The minimum absolute atomic E-state index is 0.217. The highest BCUT2D eigenvalue weighted by atomic mass is 79.9. The predicted molar refractivity (Wildman–Crippen MR) is 74.2 cm³/mol. The van der Waals surface area contributed by atoms with Crippen LogP contribution in [0.1, 0.15) is 13.8 Å². The molecule has 8 heteroatoms. The van der Waals surface area contributed by atoms with Crippen LogP contribution in [0.4, 0.5) is 13.2 Å². The Morgan fingerprint density at radius 2 is 2.05 bits per heavy atom. The fourth-order valence-corrected chi connectivity index (χ4v) is 1.78. The number of rotatable bonds is 6. The molecule has 0 fully saturated rings. The number of hydrogen-bond donors (Lipinski definition) is 1. The summed E-state index contributed by atoms with van der Waals surface area (Å²) < 4.78 is 45.4. The zero-order chi connectivity index (χ0) is 16.0. The Balaban J connectivity index is 2.55. The number of alkyl halides is 3. The maximum absolute atomic E-state index is 12.1. The zero-order valence-corrected chi connectivity index (χ0v) is 13.0. The predicted octanol–water partition coefficient (Wildman–Crippen LogP) is 3.50. The number of carbonyl (C=O) groups excluding carboxylic acids is 1. The highest BCUT2D eigenvalue weighted by molar-refractivity contribution is 9.10. The van der Waals surface area contributed by atoms with Gasteiger partial charge in [0.2, 0.25) is 0 Å². The molecule has 0 spiro atoms. The number of benzene rings is 1. The van der Waals surface area contributed by atoms with Crippen molar-refractivity contribution in [1.82, 2.24) is 5.32 Å². The van der Waals surface area contributed by atoms with Crippen molar-refractivity contribution in [2.75, 3.05) is 13.2 Å². The van der Waals surface area contributed by atoms with Crippen molar-refractivity contribution in [3.63, 3.8) is 0 Å². The Morgan fingerprint density at radius 1 is 1.38 bits per heavy atom. The third-order valence-corrected chi connectivity index (χ3v) is 2.82. The maximum Gasteiger partial charge on any atom is 0.573 e. The normalized spacial score (nSPS) is 11.4. The second-order valence-electron chi connectivity index (χ2n) is 4.63. The van der Waals surface area contributed by atoms with E-state index in [9.17, 15) is 18.0 Å². The third-order valence-electron chi connectivity index (χ3n) is 2.20. The maximum atomic E-state index is 12.1. The lowest BCUT2D eigenvalue weighted by atomic mass is 10.2. The van der Waals surface area contributed by atoms with Crippen molar-refractivity contribution in [2.45, 2.75) is 20.2 Å². The van der Waals surface area contributed by atoms with Gasteiger partial charge in [0.25, 0.3) is 5.91 Å². The molecule has 0 saturated carbocycles. The third kappa shape index (κ3) is 7.22. The van der Waals surface area contributed by atoms with E-state index < -0.39 is 6.36 Å². The molecule has 0 bridgehead atoms. The monoisotopic (exact) mass is 369 g/mol. The van der Waals surface area contributed by atoms with E-state index in [1.165, 1.54) is 6.07 Å². The van der Waals surface area contributed by atoms with Gasteiger partial charge in [-0.1, -0.05) is 13.8 Å². The van der Waals surface area contributed by atoms with Gasteiger partial charge in [0, 0.05) is 6.54 Å². The van der Waals surface area contributed by atoms with Crippen LogP contribution in [0.15, 0.2) is 22.7 Å². The van der Waals surface area contributed by atoms with E-state index >= 15 is 0 Å². The van der Waals surface area contributed by atoms with Gasteiger partial charge in [0.1, 0.15) is 11.5 Å². The summed E-state index contributed by atoms with van der Waals surface area (Å²) in [4.78, 5) is 11.5. The SMILES string of the molecule is CC(C)CNC(=O)COc1ccc(OC(F)(F)F)cc1Br. The number of halogens is 4. The lowest BCUT2D eigenvalue weighted by Gasteiger charge is -2.12. The lowest BCUT2D eigenvalue weighted by Crippen LogP contribution is -2.31. The quantitative estimate of drug-likeness (QED) is 0.834. The number of amides is 1. The topological polar surface area (TPSA) is 47.6 Å². The van der Waals surface area contributed by atoms with Gasteiger partial charge >= 0.3 is 6.36 Å². The molecule has 0 unspecified atom stereocenters. The van der Waals surface area contributed by atoms with Crippen LogP contribution in [0.25, 0.3) is 0 Å². The molecule has 1 aromatic carbocycles. The first-order valence-corrected chi connectivity index (χ1v) is 6.91. The van der Waals surface area contributed by atoms with Crippen LogP contribution in [0, 0.1) is 5.92 Å². The van der Waals surface area contributed by atoms with Gasteiger partial charge in [-0.2, -0.15) is 0 Å². The second kappa shape index (κ2) is 7.53. The molecule has 21 heavy (non-hydrogen) atoms. The van der Waals surface area contributed by atoms with Crippen LogP contribution in [-0.2, 0) is 4.79 Å². The van der Waals surface area contributed by atoms with Gasteiger partial charge in [-0.15, -0.1) is 13.2 Å². The first kappa shape index (κ1) is 17.6. The first-order chi connectivity index (χ1) is 9.67. The molecule has 0 saturated heterocycles. The molecular formula is C13H15BrF3NO3.